The number of carbonyl (C=O) groups excluding carboxylic acids is 2. The van der Waals surface area contributed by atoms with E-state index in [1.165, 1.54) is 0 Å². The minimum absolute atomic E-state index is 0.00671. The van der Waals surface area contributed by atoms with Crippen molar-refractivity contribution in [3.63, 3.8) is 0 Å². The van der Waals surface area contributed by atoms with Crippen LogP contribution in [0, 0.1) is 5.92 Å². The number of hydrogen-bond acceptors (Lipinski definition) is 5. The molecule has 2 aromatic rings. The predicted molar refractivity (Wildman–Crippen MR) is 110 cm³/mol. The maximum Gasteiger partial charge on any atom is 0.244 e. The summed E-state index contributed by atoms with van der Waals surface area (Å²) in [6.07, 6.45) is 0.544. The molecule has 2 amide bonds. The molecule has 2 aliphatic rings. The van der Waals surface area contributed by atoms with E-state index in [4.69, 9.17) is 0 Å². The average molecular weight is 413 g/mol. The third-order valence-electron chi connectivity index (χ3n) is 5.43. The molecule has 0 radical (unpaired) electrons. The standard InChI is InChI=1S/C21H23N3O4S/c25-20-13-16(14-23(20)19-11-12-29(27,28)15-19)21(26)22-24(17-7-3-1-4-8-17)18-9-5-2-6-10-18/h1-10,16,19H,11-15H2,(H,22,26)/t16-,19-/m1/s1. The van der Waals surface area contributed by atoms with E-state index in [-0.39, 0.29) is 42.3 Å². The predicted octanol–water partition coefficient (Wildman–Crippen LogP) is 1.89. The summed E-state index contributed by atoms with van der Waals surface area (Å²) < 4.78 is 23.5. The van der Waals surface area contributed by atoms with Gasteiger partial charge in [0, 0.05) is 19.0 Å². The van der Waals surface area contributed by atoms with E-state index < -0.39 is 15.8 Å². The zero-order valence-corrected chi connectivity index (χ0v) is 16.7. The second kappa shape index (κ2) is 7.87. The van der Waals surface area contributed by atoms with Crippen LogP contribution in [-0.4, -0.2) is 49.2 Å². The van der Waals surface area contributed by atoms with Gasteiger partial charge in [-0.2, -0.15) is 0 Å². The highest BCUT2D eigenvalue weighted by Gasteiger charge is 2.42. The average Bonchev–Trinajstić information content (AvgIpc) is 3.29. The molecule has 152 valence electrons. The molecule has 2 aromatic carbocycles. The highest BCUT2D eigenvalue weighted by molar-refractivity contribution is 7.91. The summed E-state index contributed by atoms with van der Waals surface area (Å²) >= 11 is 0. The Morgan fingerprint density at radius 2 is 1.59 bits per heavy atom. The molecule has 2 saturated heterocycles. The molecule has 7 nitrogen and oxygen atoms in total. The Morgan fingerprint density at radius 3 is 2.10 bits per heavy atom. The second-order valence-electron chi connectivity index (χ2n) is 7.49. The third-order valence-corrected chi connectivity index (χ3v) is 7.18. The number of anilines is 2. The number of nitrogens with one attached hydrogen (secondary N) is 1. The summed E-state index contributed by atoms with van der Waals surface area (Å²) in [6, 6.07) is 18.6. The van der Waals surface area contributed by atoms with Crippen LogP contribution in [0.3, 0.4) is 0 Å². The number of carbonyl (C=O) groups is 2. The number of rotatable bonds is 5. The van der Waals surface area contributed by atoms with Gasteiger partial charge >= 0.3 is 0 Å². The first-order chi connectivity index (χ1) is 13.9. The van der Waals surface area contributed by atoms with E-state index in [1.807, 2.05) is 60.7 Å². The molecular formula is C21H23N3O4S. The van der Waals surface area contributed by atoms with Gasteiger partial charge in [-0.3, -0.25) is 20.0 Å². The number of likely N-dealkylation sites (tertiary alicyclic amines) is 1. The van der Waals surface area contributed by atoms with Crippen LogP contribution >= 0.6 is 0 Å². The highest BCUT2D eigenvalue weighted by atomic mass is 32.2. The molecule has 8 heteroatoms. The molecule has 0 unspecified atom stereocenters. The topological polar surface area (TPSA) is 86.8 Å². The molecule has 2 aliphatic heterocycles. The molecule has 0 bridgehead atoms. The number of amides is 2. The molecule has 1 N–H and O–H groups in total. The molecule has 0 aromatic heterocycles. The van der Waals surface area contributed by atoms with Crippen LogP contribution in [-0.2, 0) is 19.4 Å². The summed E-state index contributed by atoms with van der Waals surface area (Å²) in [5.74, 6) is -0.824. The van der Waals surface area contributed by atoms with Crippen LogP contribution in [0.15, 0.2) is 60.7 Å². The summed E-state index contributed by atoms with van der Waals surface area (Å²) in [7, 11) is -3.09. The van der Waals surface area contributed by atoms with E-state index in [0.29, 0.717) is 6.42 Å². The smallest absolute Gasteiger partial charge is 0.244 e. The molecule has 0 spiro atoms. The van der Waals surface area contributed by atoms with E-state index >= 15 is 0 Å². The van der Waals surface area contributed by atoms with Crippen LogP contribution in [0.25, 0.3) is 0 Å². The van der Waals surface area contributed by atoms with E-state index in [0.717, 1.165) is 11.4 Å². The largest absolute Gasteiger partial charge is 0.338 e. The molecular weight excluding hydrogens is 390 g/mol. The van der Waals surface area contributed by atoms with Crippen molar-refractivity contribution in [2.75, 3.05) is 23.1 Å². The second-order valence-corrected chi connectivity index (χ2v) is 9.72. The molecule has 0 saturated carbocycles. The monoisotopic (exact) mass is 413 g/mol. The van der Waals surface area contributed by atoms with Gasteiger partial charge in [0.2, 0.25) is 11.8 Å². The Morgan fingerprint density at radius 1 is 1.00 bits per heavy atom. The SMILES string of the molecule is O=C(NN(c1ccccc1)c1ccccc1)[C@@H]1CC(=O)N([C@@H]2CCS(=O)(=O)C2)C1. The van der Waals surface area contributed by atoms with Crippen molar-refractivity contribution >= 4 is 33.0 Å². The molecule has 29 heavy (non-hydrogen) atoms. The first-order valence-corrected chi connectivity index (χ1v) is 11.5. The van der Waals surface area contributed by atoms with Crippen molar-refractivity contribution in [2.24, 2.45) is 5.92 Å². The van der Waals surface area contributed by atoms with Crippen LogP contribution in [0.4, 0.5) is 11.4 Å². The lowest BCUT2D eigenvalue weighted by Crippen LogP contribution is -2.44. The van der Waals surface area contributed by atoms with Gasteiger partial charge < -0.3 is 4.90 Å². The van der Waals surface area contributed by atoms with Crippen molar-refractivity contribution in [3.05, 3.63) is 60.7 Å². The van der Waals surface area contributed by atoms with Gasteiger partial charge in [-0.1, -0.05) is 36.4 Å². The molecule has 0 aliphatic carbocycles. The quantitative estimate of drug-likeness (QED) is 0.757. The molecule has 4 rings (SSSR count). The minimum Gasteiger partial charge on any atom is -0.338 e. The Balaban J connectivity index is 1.49. The van der Waals surface area contributed by atoms with E-state index in [9.17, 15) is 18.0 Å². The van der Waals surface area contributed by atoms with Gasteiger partial charge in [0.25, 0.3) is 0 Å². The molecule has 2 atom stereocenters. The lowest BCUT2D eigenvalue weighted by atomic mass is 10.1. The molecule has 2 fully saturated rings. The van der Waals surface area contributed by atoms with E-state index in [2.05, 4.69) is 5.43 Å². The zero-order chi connectivity index (χ0) is 20.4. The van der Waals surface area contributed by atoms with Crippen LogP contribution in [0.2, 0.25) is 0 Å². The van der Waals surface area contributed by atoms with Gasteiger partial charge in [-0.15, -0.1) is 0 Å². The number of sulfone groups is 1. The Kier molecular flexibility index (Phi) is 5.27. The van der Waals surface area contributed by atoms with Crippen LogP contribution in [0.5, 0.6) is 0 Å². The first kappa shape index (κ1) is 19.4. The number of benzene rings is 2. The van der Waals surface area contributed by atoms with Crippen LogP contribution < -0.4 is 10.4 Å². The summed E-state index contributed by atoms with van der Waals surface area (Å²) in [6.45, 7) is 0.252. The third kappa shape index (κ3) is 4.27. The normalized spacial score (nSPS) is 23.2. The Labute approximate surface area is 170 Å². The van der Waals surface area contributed by atoms with Crippen LogP contribution in [0.1, 0.15) is 12.8 Å². The Hall–Kier alpha value is -2.87. The minimum atomic E-state index is -3.09. The first-order valence-electron chi connectivity index (χ1n) is 9.63. The lowest BCUT2D eigenvalue weighted by Gasteiger charge is -2.27. The maximum atomic E-state index is 13.0. The fourth-order valence-electron chi connectivity index (χ4n) is 3.92. The number of hydrazine groups is 1. The molecule has 2 heterocycles. The lowest BCUT2D eigenvalue weighted by molar-refractivity contribution is -0.130. The van der Waals surface area contributed by atoms with E-state index in [1.54, 1.807) is 9.91 Å². The number of para-hydroxylation sites is 2. The van der Waals surface area contributed by atoms with Gasteiger partial charge in [0.1, 0.15) is 0 Å². The Bertz CT molecular complexity index is 956. The summed E-state index contributed by atoms with van der Waals surface area (Å²) in [4.78, 5) is 27.0. The van der Waals surface area contributed by atoms with Crippen molar-refractivity contribution in [2.45, 2.75) is 18.9 Å². The van der Waals surface area contributed by atoms with Crippen molar-refractivity contribution < 1.29 is 18.0 Å². The van der Waals surface area contributed by atoms with Crippen molar-refractivity contribution in [1.29, 1.82) is 0 Å². The fraction of sp³-hybridized carbons (Fsp3) is 0.333. The van der Waals surface area contributed by atoms with Crippen molar-refractivity contribution in [1.82, 2.24) is 10.3 Å². The summed E-state index contributed by atoms with van der Waals surface area (Å²) in [5, 5.41) is 1.70. The highest BCUT2D eigenvalue weighted by Crippen LogP contribution is 2.28. The van der Waals surface area contributed by atoms with Gasteiger partial charge in [-0.05, 0) is 30.7 Å². The number of nitrogens with zero attached hydrogens (tertiary/aromatic N) is 2. The summed E-state index contributed by atoms with van der Waals surface area (Å²) in [5.41, 5.74) is 4.54. The van der Waals surface area contributed by atoms with Gasteiger partial charge in [0.15, 0.2) is 9.84 Å². The zero-order valence-electron chi connectivity index (χ0n) is 15.9. The van der Waals surface area contributed by atoms with Gasteiger partial charge in [-0.25, -0.2) is 8.42 Å². The maximum absolute atomic E-state index is 13.0. The number of hydrogen-bond donors (Lipinski definition) is 1. The van der Waals surface area contributed by atoms with Crippen molar-refractivity contribution in [3.8, 4) is 0 Å². The van der Waals surface area contributed by atoms with Gasteiger partial charge in [0.05, 0.1) is 28.8 Å². The fourth-order valence-corrected chi connectivity index (χ4v) is 5.65.